The minimum Gasteiger partial charge on any atom is -0.309 e. The quantitative estimate of drug-likeness (QED) is 0.230. The number of rotatable bonds is 3. The summed E-state index contributed by atoms with van der Waals surface area (Å²) in [6.07, 6.45) is 3.94. The molecule has 1 aliphatic heterocycles. The van der Waals surface area contributed by atoms with Gasteiger partial charge in [-0.3, -0.25) is 0 Å². The van der Waals surface area contributed by atoms with Crippen LogP contribution >= 0.6 is 0 Å². The Morgan fingerprint density at radius 1 is 0.718 bits per heavy atom. The summed E-state index contributed by atoms with van der Waals surface area (Å²) >= 11 is 0. The molecule has 188 valence electrons. The van der Waals surface area contributed by atoms with Gasteiger partial charge in [0.2, 0.25) is 0 Å². The Hall–Kier alpha value is -4.62. The number of nitrogens with zero attached hydrogens (tertiary/aromatic N) is 1. The van der Waals surface area contributed by atoms with Crippen LogP contribution in [-0.4, -0.2) is 4.57 Å². The monoisotopic (exact) mass is 501 g/mol. The normalized spacial score (nSPS) is 14.9. The molecule has 0 spiro atoms. The lowest BCUT2D eigenvalue weighted by Crippen LogP contribution is -2.26. The lowest BCUT2D eigenvalue weighted by atomic mass is 9.74. The summed E-state index contributed by atoms with van der Waals surface area (Å²) in [5, 5.41) is 5.07. The van der Waals surface area contributed by atoms with Gasteiger partial charge in [0.05, 0.1) is 16.7 Å². The zero-order valence-corrected chi connectivity index (χ0v) is 22.7. The van der Waals surface area contributed by atoms with Crippen molar-refractivity contribution < 1.29 is 0 Å². The van der Waals surface area contributed by atoms with Gasteiger partial charge in [-0.1, -0.05) is 118 Å². The molecule has 0 bridgehead atoms. The minimum absolute atomic E-state index is 0.117. The molecule has 1 aliphatic rings. The highest BCUT2D eigenvalue weighted by Gasteiger charge is 2.35. The topological polar surface area (TPSA) is 4.93 Å². The molecule has 0 saturated carbocycles. The molecule has 0 N–H and O–H groups in total. The second kappa shape index (κ2) is 8.71. The van der Waals surface area contributed by atoms with Gasteiger partial charge in [0, 0.05) is 16.2 Å². The Bertz CT molecular complexity index is 2070. The zero-order valence-electron chi connectivity index (χ0n) is 22.7. The molecule has 39 heavy (non-hydrogen) atoms. The van der Waals surface area contributed by atoms with Crippen molar-refractivity contribution in [3.63, 3.8) is 0 Å². The summed E-state index contributed by atoms with van der Waals surface area (Å²) in [6.45, 7) is 10.9. The van der Waals surface area contributed by atoms with Crippen LogP contribution in [-0.2, 0) is 5.41 Å². The number of para-hydroxylation sites is 2. The summed E-state index contributed by atoms with van der Waals surface area (Å²) in [4.78, 5) is 0. The number of aromatic nitrogens is 1. The maximum absolute atomic E-state index is 3.90. The van der Waals surface area contributed by atoms with Crippen LogP contribution in [0.3, 0.4) is 0 Å². The largest absolute Gasteiger partial charge is 0.309 e. The molecular weight excluding hydrogens is 470 g/mol. The van der Waals surface area contributed by atoms with E-state index in [9.17, 15) is 0 Å². The van der Waals surface area contributed by atoms with E-state index in [2.05, 4.69) is 147 Å². The summed E-state index contributed by atoms with van der Waals surface area (Å²) in [5.74, 6) is 0. The molecule has 5 aromatic carbocycles. The Balaban J connectivity index is 1.44. The Labute approximate surface area is 229 Å². The van der Waals surface area contributed by atoms with Gasteiger partial charge in [0.15, 0.2) is 0 Å². The standard InChI is InChI=1S/C38H31N/c1-5-12-26-13-6-7-16-30(26)25(2)27-14-10-15-28(23-27)29-21-22-36-34(24-29)38(3,4)33-19-11-18-32-31-17-8-9-20-35(31)39(36)37(32)33/h5-24H,1H2,2-4H3/b26-12-,30-25+. The first-order chi connectivity index (χ1) is 19.0. The van der Waals surface area contributed by atoms with Crippen LogP contribution in [0.4, 0.5) is 0 Å². The van der Waals surface area contributed by atoms with E-state index >= 15 is 0 Å². The van der Waals surface area contributed by atoms with Gasteiger partial charge >= 0.3 is 0 Å². The maximum atomic E-state index is 3.90. The highest BCUT2D eigenvalue weighted by molar-refractivity contribution is 6.11. The molecule has 0 amide bonds. The number of fused-ring (bicyclic) bond motifs is 5. The van der Waals surface area contributed by atoms with E-state index in [1.165, 1.54) is 71.3 Å². The molecule has 0 unspecified atom stereocenters. The van der Waals surface area contributed by atoms with Crippen molar-refractivity contribution in [2.75, 3.05) is 0 Å². The fourth-order valence-electron chi connectivity index (χ4n) is 6.53. The molecule has 0 saturated heterocycles. The third kappa shape index (κ3) is 3.47. The molecule has 0 radical (unpaired) electrons. The third-order valence-corrected chi connectivity index (χ3v) is 8.57. The Morgan fingerprint density at radius 3 is 2.33 bits per heavy atom. The number of benzene rings is 5. The van der Waals surface area contributed by atoms with Crippen molar-refractivity contribution in [1.29, 1.82) is 0 Å². The molecule has 0 aliphatic carbocycles. The molecule has 6 aromatic rings. The van der Waals surface area contributed by atoms with Crippen molar-refractivity contribution in [1.82, 2.24) is 4.57 Å². The van der Waals surface area contributed by atoms with Gasteiger partial charge < -0.3 is 4.57 Å². The lowest BCUT2D eigenvalue weighted by Gasteiger charge is -2.35. The molecular formula is C38H31N. The first-order valence-electron chi connectivity index (χ1n) is 13.7. The minimum atomic E-state index is -0.117. The van der Waals surface area contributed by atoms with Gasteiger partial charge in [0.1, 0.15) is 0 Å². The number of hydrogen-bond donors (Lipinski definition) is 0. The van der Waals surface area contributed by atoms with Crippen LogP contribution < -0.4 is 10.4 Å². The van der Waals surface area contributed by atoms with Crippen molar-refractivity contribution in [2.45, 2.75) is 26.2 Å². The van der Waals surface area contributed by atoms with E-state index in [0.29, 0.717) is 0 Å². The van der Waals surface area contributed by atoms with Crippen LogP contribution in [0.25, 0.3) is 50.3 Å². The van der Waals surface area contributed by atoms with E-state index in [1.807, 2.05) is 6.08 Å². The van der Waals surface area contributed by atoms with Gasteiger partial charge in [-0.2, -0.15) is 0 Å². The van der Waals surface area contributed by atoms with E-state index in [1.54, 1.807) is 0 Å². The van der Waals surface area contributed by atoms with Crippen LogP contribution in [0.1, 0.15) is 37.5 Å². The predicted molar refractivity (Wildman–Crippen MR) is 167 cm³/mol. The smallest absolute Gasteiger partial charge is 0.0582 e. The lowest BCUT2D eigenvalue weighted by molar-refractivity contribution is 0.630. The van der Waals surface area contributed by atoms with E-state index < -0.39 is 0 Å². The highest BCUT2D eigenvalue weighted by atomic mass is 15.0. The summed E-state index contributed by atoms with van der Waals surface area (Å²) in [5.41, 5.74) is 11.5. The molecule has 1 nitrogen and oxygen atoms in total. The zero-order chi connectivity index (χ0) is 26.7. The van der Waals surface area contributed by atoms with E-state index in [-0.39, 0.29) is 5.41 Å². The molecule has 0 atom stereocenters. The van der Waals surface area contributed by atoms with Gasteiger partial charge in [-0.25, -0.2) is 0 Å². The second-order valence-corrected chi connectivity index (χ2v) is 11.1. The van der Waals surface area contributed by atoms with Crippen LogP contribution in [0.15, 0.2) is 122 Å². The van der Waals surface area contributed by atoms with Crippen molar-refractivity contribution in [3.05, 3.63) is 149 Å². The summed E-state index contributed by atoms with van der Waals surface area (Å²) in [7, 11) is 0. The van der Waals surface area contributed by atoms with Crippen LogP contribution in [0.2, 0.25) is 0 Å². The second-order valence-electron chi connectivity index (χ2n) is 11.1. The maximum Gasteiger partial charge on any atom is 0.0582 e. The summed E-state index contributed by atoms with van der Waals surface area (Å²) in [6, 6.07) is 40.1. The third-order valence-electron chi connectivity index (χ3n) is 8.57. The molecule has 2 heterocycles. The van der Waals surface area contributed by atoms with Crippen molar-refractivity contribution >= 4 is 33.5 Å². The number of hydrogen-bond acceptors (Lipinski definition) is 0. The van der Waals surface area contributed by atoms with Gasteiger partial charge in [-0.15, -0.1) is 0 Å². The van der Waals surface area contributed by atoms with E-state index in [4.69, 9.17) is 0 Å². The fourth-order valence-corrected chi connectivity index (χ4v) is 6.53. The molecule has 1 heteroatoms. The van der Waals surface area contributed by atoms with Gasteiger partial charge in [0.25, 0.3) is 0 Å². The first-order valence-corrected chi connectivity index (χ1v) is 13.7. The Morgan fingerprint density at radius 2 is 1.46 bits per heavy atom. The molecule has 7 rings (SSSR count). The van der Waals surface area contributed by atoms with Crippen LogP contribution in [0.5, 0.6) is 0 Å². The average Bonchev–Trinajstić information content (AvgIpc) is 3.31. The molecule has 1 aromatic heterocycles. The van der Waals surface area contributed by atoms with Crippen molar-refractivity contribution in [2.24, 2.45) is 0 Å². The SMILES string of the molecule is C=C/C=c1/cccc/c1=C(/C)c1cccc(-c2ccc3c(c2)C(C)(C)c2cccc4c5ccccc5n-3c24)c1. The fraction of sp³-hybridized carbons (Fsp3) is 0.105. The van der Waals surface area contributed by atoms with E-state index in [0.717, 1.165) is 0 Å². The van der Waals surface area contributed by atoms with Gasteiger partial charge in [-0.05, 0) is 75.0 Å². The predicted octanol–water partition coefficient (Wildman–Crippen LogP) is 8.28. The van der Waals surface area contributed by atoms with Crippen LogP contribution in [0, 0.1) is 0 Å². The number of allylic oxidation sites excluding steroid dienone is 1. The molecule has 0 fully saturated rings. The average molecular weight is 502 g/mol. The van der Waals surface area contributed by atoms with Crippen molar-refractivity contribution in [3.8, 4) is 16.8 Å². The Kier molecular flexibility index (Phi) is 5.25. The summed E-state index contributed by atoms with van der Waals surface area (Å²) < 4.78 is 2.48. The highest BCUT2D eigenvalue weighted by Crippen LogP contribution is 2.48. The first kappa shape index (κ1) is 23.5.